The van der Waals surface area contributed by atoms with Crippen LogP contribution in [0.5, 0.6) is 0 Å². The van der Waals surface area contributed by atoms with E-state index in [1.807, 2.05) is 32.4 Å². The van der Waals surface area contributed by atoms with E-state index in [1.54, 1.807) is 11.9 Å². The Morgan fingerprint density at radius 2 is 1.79 bits per heavy atom. The van der Waals surface area contributed by atoms with E-state index in [1.165, 1.54) is 26.2 Å². The largest absolute Gasteiger partial charge is 0.455 e. The van der Waals surface area contributed by atoms with E-state index in [-0.39, 0.29) is 35.9 Å². The number of nitrogens with one attached hydrogen (secondary N) is 1. The van der Waals surface area contributed by atoms with Gasteiger partial charge in [-0.2, -0.15) is 0 Å². The second-order valence-electron chi connectivity index (χ2n) is 9.10. The van der Waals surface area contributed by atoms with Gasteiger partial charge in [0, 0.05) is 31.8 Å². The lowest BCUT2D eigenvalue weighted by molar-refractivity contribution is -0.148. The summed E-state index contributed by atoms with van der Waals surface area (Å²) in [5.74, 6) is -1.58. The Morgan fingerprint density at radius 3 is 2.26 bits per heavy atom. The van der Waals surface area contributed by atoms with Crippen LogP contribution >= 0.6 is 11.3 Å². The van der Waals surface area contributed by atoms with Crippen LogP contribution < -0.4 is 10.5 Å². The third-order valence-electron chi connectivity index (χ3n) is 5.81. The lowest BCUT2D eigenvalue weighted by Crippen LogP contribution is -2.51. The monoisotopic (exact) mass is 518 g/mol. The van der Waals surface area contributed by atoms with Gasteiger partial charge >= 0.3 is 5.97 Å². The minimum atomic E-state index is -3.82. The van der Waals surface area contributed by atoms with Gasteiger partial charge in [-0.1, -0.05) is 34.1 Å². The van der Waals surface area contributed by atoms with Crippen molar-refractivity contribution in [1.82, 2.24) is 14.6 Å². The number of amides is 2. The molecule has 10 nitrogen and oxygen atoms in total. The van der Waals surface area contributed by atoms with Gasteiger partial charge in [0.15, 0.2) is 6.10 Å². The molecule has 1 aromatic heterocycles. The van der Waals surface area contributed by atoms with Crippen molar-refractivity contribution >= 4 is 39.1 Å². The van der Waals surface area contributed by atoms with Crippen LogP contribution in [-0.2, 0) is 24.3 Å². The first-order valence-corrected chi connectivity index (χ1v) is 13.8. The van der Waals surface area contributed by atoms with E-state index in [9.17, 15) is 22.8 Å². The number of hydrogen-bond acceptors (Lipinski definition) is 9. The Labute approximate surface area is 206 Å². The molecule has 34 heavy (non-hydrogen) atoms. The first-order chi connectivity index (χ1) is 15.6. The number of hydrogen-bond donors (Lipinski definition) is 2. The van der Waals surface area contributed by atoms with Crippen molar-refractivity contribution in [3.8, 4) is 0 Å². The van der Waals surface area contributed by atoms with Crippen LogP contribution in [0, 0.1) is 11.8 Å². The molecule has 194 valence electrons. The van der Waals surface area contributed by atoms with E-state index in [0.717, 1.165) is 17.8 Å². The van der Waals surface area contributed by atoms with E-state index < -0.39 is 39.3 Å². The van der Waals surface area contributed by atoms with Crippen LogP contribution in [-0.4, -0.2) is 60.5 Å². The molecule has 0 fully saturated rings. The maximum atomic E-state index is 13.0. The normalized spacial score (nSPS) is 15.5. The molecule has 0 aliphatic carbocycles. The molecule has 0 radical (unpaired) electrons. The van der Waals surface area contributed by atoms with Gasteiger partial charge in [0.1, 0.15) is 10.7 Å². The Morgan fingerprint density at radius 1 is 1.21 bits per heavy atom. The highest BCUT2D eigenvalue weighted by Crippen LogP contribution is 2.30. The number of nitrogens with zero attached hydrogens (tertiary/aromatic N) is 2. The van der Waals surface area contributed by atoms with Gasteiger partial charge in [-0.15, -0.1) is 11.3 Å². The van der Waals surface area contributed by atoms with E-state index in [2.05, 4.69) is 4.98 Å². The zero-order chi connectivity index (χ0) is 26.4. The van der Waals surface area contributed by atoms with Crippen LogP contribution in [0.15, 0.2) is 5.38 Å². The molecule has 2 amide bonds. The lowest BCUT2D eigenvalue weighted by Gasteiger charge is -2.35. The van der Waals surface area contributed by atoms with E-state index >= 15 is 0 Å². The molecule has 0 unspecified atom stereocenters. The summed E-state index contributed by atoms with van der Waals surface area (Å²) in [6.07, 6.45) is 0.179. The highest BCUT2D eigenvalue weighted by Gasteiger charge is 2.33. The molecule has 0 saturated heterocycles. The summed E-state index contributed by atoms with van der Waals surface area (Å²) in [4.78, 5) is 43.0. The molecular weight excluding hydrogens is 480 g/mol. The highest BCUT2D eigenvalue weighted by molar-refractivity contribution is 7.90. The van der Waals surface area contributed by atoms with Crippen LogP contribution in [0.2, 0.25) is 0 Å². The van der Waals surface area contributed by atoms with Gasteiger partial charge in [-0.25, -0.2) is 18.1 Å². The standard InChI is InChI=1S/C22H38N4O6S2/c1-9-14(6)19(23)22(29)26(8)17(12(2)3)10-18(32-15(7)27)21-24-16(11-33-21)20(28)25-34(30,31)13(4)5/h11-14,17-19H,9-10,23H2,1-8H3,(H,25,28)/t14-,17+,18+,19-/m0/s1. The van der Waals surface area contributed by atoms with Crippen molar-refractivity contribution < 1.29 is 27.5 Å². The summed E-state index contributed by atoms with van der Waals surface area (Å²) in [5, 5.41) is 0.958. The van der Waals surface area contributed by atoms with Gasteiger partial charge in [-0.05, 0) is 25.7 Å². The number of thiazole rings is 1. The van der Waals surface area contributed by atoms with Gasteiger partial charge in [-0.3, -0.25) is 14.4 Å². The van der Waals surface area contributed by atoms with Gasteiger partial charge in [0.2, 0.25) is 15.9 Å². The zero-order valence-electron chi connectivity index (χ0n) is 21.2. The average Bonchev–Trinajstić information content (AvgIpc) is 3.24. The second-order valence-corrected chi connectivity index (χ2v) is 12.2. The Kier molecular flexibility index (Phi) is 11.1. The Bertz CT molecular complexity index is 960. The first kappa shape index (κ1) is 30.0. The molecule has 1 heterocycles. The number of ether oxygens (including phenoxy) is 1. The van der Waals surface area contributed by atoms with Crippen molar-refractivity contribution in [3.63, 3.8) is 0 Å². The van der Waals surface area contributed by atoms with E-state index in [0.29, 0.717) is 5.01 Å². The number of sulfonamides is 1. The molecule has 0 bridgehead atoms. The zero-order valence-corrected chi connectivity index (χ0v) is 22.8. The second kappa shape index (κ2) is 12.6. The van der Waals surface area contributed by atoms with E-state index in [4.69, 9.17) is 10.5 Å². The molecule has 3 N–H and O–H groups in total. The number of carbonyl (C=O) groups excluding carboxylic acids is 3. The fourth-order valence-electron chi connectivity index (χ4n) is 3.23. The number of rotatable bonds is 12. The molecule has 0 saturated carbocycles. The minimum absolute atomic E-state index is 0.00850. The lowest BCUT2D eigenvalue weighted by atomic mass is 9.93. The van der Waals surface area contributed by atoms with Crippen molar-refractivity contribution in [1.29, 1.82) is 0 Å². The summed E-state index contributed by atoms with van der Waals surface area (Å²) >= 11 is 1.08. The molecule has 4 atom stereocenters. The highest BCUT2D eigenvalue weighted by atomic mass is 32.2. The summed E-state index contributed by atoms with van der Waals surface area (Å²) < 4.78 is 31.5. The Balaban J connectivity index is 3.18. The van der Waals surface area contributed by atoms with Crippen molar-refractivity contribution in [2.75, 3.05) is 7.05 Å². The van der Waals surface area contributed by atoms with Gasteiger partial charge in [0.05, 0.1) is 11.3 Å². The predicted octanol–water partition coefficient (Wildman–Crippen LogP) is 2.46. The molecular formula is C22H38N4O6S2. The third kappa shape index (κ3) is 8.02. The molecule has 0 spiro atoms. The number of carbonyl (C=O) groups is 3. The number of esters is 1. The summed E-state index contributed by atoms with van der Waals surface area (Å²) in [6, 6.07) is -0.976. The van der Waals surface area contributed by atoms with Crippen LogP contribution in [0.1, 0.15) is 82.9 Å². The third-order valence-corrected chi connectivity index (χ3v) is 8.45. The minimum Gasteiger partial charge on any atom is -0.455 e. The molecule has 1 rings (SSSR count). The predicted molar refractivity (Wildman–Crippen MR) is 132 cm³/mol. The number of aromatic nitrogens is 1. The molecule has 0 aromatic carbocycles. The van der Waals surface area contributed by atoms with Crippen LogP contribution in [0.25, 0.3) is 0 Å². The fourth-order valence-corrected chi connectivity index (χ4v) is 4.67. The molecule has 12 heteroatoms. The van der Waals surface area contributed by atoms with Crippen molar-refractivity contribution in [2.24, 2.45) is 17.6 Å². The number of nitrogens with two attached hydrogens (primary N) is 1. The quantitative estimate of drug-likeness (QED) is 0.401. The SMILES string of the molecule is CC[C@H](C)[C@H](N)C(=O)N(C)[C@H](C[C@@H](OC(C)=O)c1nc(C(=O)NS(=O)(=O)C(C)C)cs1)C(C)C. The summed E-state index contributed by atoms with van der Waals surface area (Å²) in [7, 11) is -2.14. The maximum absolute atomic E-state index is 13.0. The summed E-state index contributed by atoms with van der Waals surface area (Å²) in [5.41, 5.74) is 6.07. The number of likely N-dealkylation sites (N-methyl/N-ethyl adjacent to an activating group) is 1. The van der Waals surface area contributed by atoms with Crippen LogP contribution in [0.4, 0.5) is 0 Å². The smallest absolute Gasteiger partial charge is 0.303 e. The van der Waals surface area contributed by atoms with Crippen LogP contribution in [0.3, 0.4) is 0 Å². The molecule has 0 aliphatic heterocycles. The topological polar surface area (TPSA) is 149 Å². The van der Waals surface area contributed by atoms with Crippen molar-refractivity contribution in [2.45, 2.75) is 84.7 Å². The average molecular weight is 519 g/mol. The molecule has 0 aliphatic rings. The van der Waals surface area contributed by atoms with Gasteiger partial charge in [0.25, 0.3) is 5.91 Å². The fraction of sp³-hybridized carbons (Fsp3) is 0.727. The van der Waals surface area contributed by atoms with Gasteiger partial charge < -0.3 is 15.4 Å². The maximum Gasteiger partial charge on any atom is 0.303 e. The first-order valence-electron chi connectivity index (χ1n) is 11.3. The Hall–Kier alpha value is -2.05. The molecule has 1 aromatic rings. The summed E-state index contributed by atoms with van der Waals surface area (Å²) in [6.45, 7) is 12.0. The van der Waals surface area contributed by atoms with Crippen molar-refractivity contribution in [3.05, 3.63) is 16.1 Å².